The number of nitrogens with zero attached hydrogens (tertiary/aromatic N) is 2. The van der Waals surface area contributed by atoms with Crippen LogP contribution in [0, 0.1) is 0 Å². The van der Waals surface area contributed by atoms with Crippen LogP contribution in [0.4, 0.5) is 0 Å². The number of fused-ring (bicyclic) bond motifs is 1. The molecular weight excluding hydrogens is 198 g/mol. The van der Waals surface area contributed by atoms with Crippen LogP contribution in [0.25, 0.3) is 10.9 Å². The van der Waals surface area contributed by atoms with Gasteiger partial charge in [-0.3, -0.25) is 4.68 Å². The summed E-state index contributed by atoms with van der Waals surface area (Å²) in [4.78, 5) is 0. The second-order valence-corrected chi connectivity index (χ2v) is 3.52. The minimum atomic E-state index is 0.534. The molecule has 0 saturated carbocycles. The Balaban J connectivity index is 2.66. The van der Waals surface area contributed by atoms with Crippen molar-refractivity contribution in [3.8, 4) is 0 Å². The molecule has 74 valence electrons. The van der Waals surface area contributed by atoms with Crippen molar-refractivity contribution in [1.82, 2.24) is 9.78 Å². The first-order valence-corrected chi connectivity index (χ1v) is 4.99. The molecule has 0 amide bonds. The Kier molecular flexibility index (Phi) is 2.44. The third-order valence-electron chi connectivity index (χ3n) is 2.27. The highest BCUT2D eigenvalue weighted by Gasteiger charge is 2.07. The predicted octanol–water partition coefficient (Wildman–Crippen LogP) is 2.17. The summed E-state index contributed by atoms with van der Waals surface area (Å²) in [5, 5.41) is 6.06. The Morgan fingerprint density at radius 2 is 2.29 bits per heavy atom. The molecule has 1 aromatic carbocycles. The first-order chi connectivity index (χ1) is 6.76. The largest absolute Gasteiger partial charge is 0.326 e. The van der Waals surface area contributed by atoms with E-state index in [1.165, 1.54) is 0 Å². The second kappa shape index (κ2) is 3.59. The average molecular weight is 210 g/mol. The molecule has 0 aliphatic carbocycles. The first-order valence-electron chi connectivity index (χ1n) is 4.61. The molecule has 1 heterocycles. The van der Waals surface area contributed by atoms with Crippen molar-refractivity contribution in [1.29, 1.82) is 0 Å². The monoisotopic (exact) mass is 209 g/mol. The van der Waals surface area contributed by atoms with Crippen LogP contribution in [0.1, 0.15) is 12.5 Å². The van der Waals surface area contributed by atoms with Crippen LogP contribution < -0.4 is 5.73 Å². The summed E-state index contributed by atoms with van der Waals surface area (Å²) in [6.07, 6.45) is 0. The minimum absolute atomic E-state index is 0.534. The Morgan fingerprint density at radius 3 is 2.93 bits per heavy atom. The average Bonchev–Trinajstić information content (AvgIpc) is 2.55. The lowest BCUT2D eigenvalue weighted by molar-refractivity contribution is 0.669. The van der Waals surface area contributed by atoms with Gasteiger partial charge in [0.25, 0.3) is 0 Å². The smallest absolute Gasteiger partial charge is 0.134 e. The molecule has 2 N–H and O–H groups in total. The van der Waals surface area contributed by atoms with Gasteiger partial charge in [0.05, 0.1) is 5.52 Å². The molecule has 0 aliphatic heterocycles. The van der Waals surface area contributed by atoms with Crippen LogP contribution in [-0.2, 0) is 13.1 Å². The summed E-state index contributed by atoms with van der Waals surface area (Å²) in [6, 6.07) is 5.93. The maximum atomic E-state index is 6.12. The van der Waals surface area contributed by atoms with E-state index >= 15 is 0 Å². The van der Waals surface area contributed by atoms with Crippen LogP contribution in [-0.4, -0.2) is 9.78 Å². The highest BCUT2D eigenvalue weighted by atomic mass is 35.5. The summed E-state index contributed by atoms with van der Waals surface area (Å²) < 4.78 is 1.78. The fourth-order valence-corrected chi connectivity index (χ4v) is 1.80. The molecule has 0 spiro atoms. The van der Waals surface area contributed by atoms with Crippen LogP contribution in [0.15, 0.2) is 18.2 Å². The van der Waals surface area contributed by atoms with E-state index in [0.29, 0.717) is 11.7 Å². The maximum Gasteiger partial charge on any atom is 0.134 e. The summed E-state index contributed by atoms with van der Waals surface area (Å²) in [7, 11) is 0. The van der Waals surface area contributed by atoms with Crippen molar-refractivity contribution in [2.75, 3.05) is 0 Å². The Bertz CT molecular complexity index is 462. The van der Waals surface area contributed by atoms with Gasteiger partial charge < -0.3 is 5.73 Å². The summed E-state index contributed by atoms with van der Waals surface area (Å²) in [6.45, 7) is 3.33. The number of aromatic nitrogens is 2. The molecular formula is C10H12ClN3. The van der Waals surface area contributed by atoms with Crippen LogP contribution in [0.2, 0.25) is 5.15 Å². The van der Waals surface area contributed by atoms with Gasteiger partial charge in [-0.2, -0.15) is 5.10 Å². The molecule has 0 bridgehead atoms. The third-order valence-corrected chi connectivity index (χ3v) is 2.67. The summed E-state index contributed by atoms with van der Waals surface area (Å²) in [5.74, 6) is 0. The zero-order valence-corrected chi connectivity index (χ0v) is 8.75. The number of hydrogen-bond donors (Lipinski definition) is 1. The molecule has 4 heteroatoms. The van der Waals surface area contributed by atoms with E-state index in [-0.39, 0.29) is 0 Å². The molecule has 0 fully saturated rings. The first kappa shape index (κ1) is 9.49. The molecule has 0 saturated heterocycles. The third kappa shape index (κ3) is 1.38. The lowest BCUT2D eigenvalue weighted by Gasteiger charge is -1.94. The molecule has 14 heavy (non-hydrogen) atoms. The van der Waals surface area contributed by atoms with E-state index in [9.17, 15) is 0 Å². The number of benzene rings is 1. The van der Waals surface area contributed by atoms with Gasteiger partial charge in [0.15, 0.2) is 0 Å². The fourth-order valence-electron chi connectivity index (χ4n) is 1.48. The Morgan fingerprint density at radius 1 is 1.50 bits per heavy atom. The summed E-state index contributed by atoms with van der Waals surface area (Å²) >= 11 is 6.12. The van der Waals surface area contributed by atoms with Gasteiger partial charge in [-0.25, -0.2) is 0 Å². The van der Waals surface area contributed by atoms with Crippen molar-refractivity contribution < 1.29 is 0 Å². The molecule has 0 aliphatic rings. The highest BCUT2D eigenvalue weighted by molar-refractivity contribution is 6.34. The van der Waals surface area contributed by atoms with Crippen molar-refractivity contribution in [3.63, 3.8) is 0 Å². The molecule has 3 nitrogen and oxygen atoms in total. The Hall–Kier alpha value is -1.06. The minimum Gasteiger partial charge on any atom is -0.326 e. The van der Waals surface area contributed by atoms with E-state index in [1.807, 2.05) is 25.1 Å². The van der Waals surface area contributed by atoms with Crippen molar-refractivity contribution in [3.05, 3.63) is 28.9 Å². The van der Waals surface area contributed by atoms with Crippen LogP contribution in [0.3, 0.4) is 0 Å². The van der Waals surface area contributed by atoms with Crippen molar-refractivity contribution in [2.24, 2.45) is 5.73 Å². The molecule has 0 unspecified atom stereocenters. The van der Waals surface area contributed by atoms with Gasteiger partial charge in [-0.15, -0.1) is 0 Å². The van der Waals surface area contributed by atoms with Gasteiger partial charge in [-0.05, 0) is 24.6 Å². The zero-order chi connectivity index (χ0) is 10.1. The maximum absolute atomic E-state index is 6.12. The van der Waals surface area contributed by atoms with E-state index < -0.39 is 0 Å². The highest BCUT2D eigenvalue weighted by Crippen LogP contribution is 2.23. The summed E-state index contributed by atoms with van der Waals surface area (Å²) in [5.41, 5.74) is 7.55. The molecule has 2 rings (SSSR count). The number of rotatable bonds is 2. The van der Waals surface area contributed by atoms with Crippen molar-refractivity contribution in [2.45, 2.75) is 20.0 Å². The second-order valence-electron chi connectivity index (χ2n) is 3.16. The lowest BCUT2D eigenvalue weighted by Crippen LogP contribution is -1.96. The zero-order valence-electron chi connectivity index (χ0n) is 8.00. The van der Waals surface area contributed by atoms with Gasteiger partial charge >= 0.3 is 0 Å². The van der Waals surface area contributed by atoms with E-state index in [0.717, 1.165) is 23.0 Å². The SMILES string of the molecule is CCn1nc2cc(CN)ccc2c1Cl. The van der Waals surface area contributed by atoms with Gasteiger partial charge in [0, 0.05) is 18.5 Å². The molecule has 2 aromatic rings. The molecule has 0 radical (unpaired) electrons. The van der Waals surface area contributed by atoms with Crippen LogP contribution >= 0.6 is 11.6 Å². The quantitative estimate of drug-likeness (QED) is 0.824. The van der Waals surface area contributed by atoms with Gasteiger partial charge in [0.2, 0.25) is 0 Å². The van der Waals surface area contributed by atoms with Gasteiger partial charge in [-0.1, -0.05) is 17.7 Å². The molecule has 1 aromatic heterocycles. The molecule has 0 atom stereocenters. The van der Waals surface area contributed by atoms with E-state index in [1.54, 1.807) is 4.68 Å². The standard InChI is InChI=1S/C10H12ClN3/c1-2-14-10(11)8-4-3-7(6-12)5-9(8)13-14/h3-5H,2,6,12H2,1H3. The van der Waals surface area contributed by atoms with E-state index in [2.05, 4.69) is 5.10 Å². The van der Waals surface area contributed by atoms with E-state index in [4.69, 9.17) is 17.3 Å². The lowest BCUT2D eigenvalue weighted by atomic mass is 10.2. The number of aryl methyl sites for hydroxylation is 1. The number of halogens is 1. The predicted molar refractivity (Wildman–Crippen MR) is 58.3 cm³/mol. The topological polar surface area (TPSA) is 43.8 Å². The normalized spacial score (nSPS) is 11.1. The number of nitrogens with two attached hydrogens (primary N) is 1. The van der Waals surface area contributed by atoms with Crippen molar-refractivity contribution >= 4 is 22.5 Å². The number of hydrogen-bond acceptors (Lipinski definition) is 2. The Labute approximate surface area is 87.5 Å². The van der Waals surface area contributed by atoms with Gasteiger partial charge in [0.1, 0.15) is 5.15 Å². The fraction of sp³-hybridized carbons (Fsp3) is 0.300. The van der Waals surface area contributed by atoms with Crippen LogP contribution in [0.5, 0.6) is 0 Å².